The molecule has 2 N–H and O–H groups in total. The first kappa shape index (κ1) is 7.30. The second-order valence-corrected chi connectivity index (χ2v) is 3.29. The number of hydrogen-bond acceptors (Lipinski definition) is 5. The summed E-state index contributed by atoms with van der Waals surface area (Å²) in [7, 11) is 0. The Labute approximate surface area is 73.0 Å². The predicted octanol–water partition coefficient (Wildman–Crippen LogP) is 1.69. The van der Waals surface area contributed by atoms with Crippen LogP contribution in [0.1, 0.15) is 5.56 Å². The molecule has 62 valence electrons. The maximum Gasteiger partial charge on any atom is 0.313 e. The van der Waals surface area contributed by atoms with E-state index in [0.29, 0.717) is 5.89 Å². The molecule has 0 aliphatic heterocycles. The van der Waals surface area contributed by atoms with Crippen molar-refractivity contribution in [1.82, 2.24) is 10.2 Å². The topological polar surface area (TPSA) is 64.9 Å². The Balaban J connectivity index is 2.50. The smallest absolute Gasteiger partial charge is 0.313 e. The van der Waals surface area contributed by atoms with Crippen LogP contribution in [0.25, 0.3) is 10.8 Å². The zero-order valence-electron chi connectivity index (χ0n) is 6.44. The normalized spacial score (nSPS) is 10.4. The standard InChI is InChI=1S/C7H7N3OS/c1-4-2-3-12-5(4)6-9-10-7(8)11-6/h2-3H,1H3,(H2,8,10). The number of nitrogens with zero attached hydrogens (tertiary/aromatic N) is 2. The fourth-order valence-electron chi connectivity index (χ4n) is 0.918. The molecule has 0 radical (unpaired) electrons. The molecule has 0 saturated heterocycles. The van der Waals surface area contributed by atoms with Gasteiger partial charge in [-0.25, -0.2) is 0 Å². The molecule has 0 spiro atoms. The monoisotopic (exact) mass is 181 g/mol. The second-order valence-electron chi connectivity index (χ2n) is 2.38. The number of anilines is 1. The Morgan fingerprint density at radius 1 is 1.50 bits per heavy atom. The van der Waals surface area contributed by atoms with Crippen LogP contribution in [0.15, 0.2) is 15.9 Å². The largest absolute Gasteiger partial charge is 0.403 e. The molecule has 0 aliphatic carbocycles. The SMILES string of the molecule is Cc1ccsc1-c1nnc(N)o1. The average molecular weight is 181 g/mol. The van der Waals surface area contributed by atoms with Crippen LogP contribution in [-0.2, 0) is 0 Å². The number of nitrogen functional groups attached to an aromatic ring is 1. The minimum Gasteiger partial charge on any atom is -0.403 e. The molecule has 0 atom stereocenters. The number of hydrogen-bond donors (Lipinski definition) is 1. The van der Waals surface area contributed by atoms with Crippen molar-refractivity contribution in [3.8, 4) is 10.8 Å². The van der Waals surface area contributed by atoms with Crippen LogP contribution in [0.4, 0.5) is 6.01 Å². The molecule has 0 saturated carbocycles. The van der Waals surface area contributed by atoms with Gasteiger partial charge in [-0.2, -0.15) is 0 Å². The highest BCUT2D eigenvalue weighted by atomic mass is 32.1. The molecule has 4 nitrogen and oxygen atoms in total. The highest BCUT2D eigenvalue weighted by Crippen LogP contribution is 2.27. The van der Waals surface area contributed by atoms with Gasteiger partial charge in [-0.1, -0.05) is 5.10 Å². The minimum atomic E-state index is 0.109. The van der Waals surface area contributed by atoms with Gasteiger partial charge in [0.2, 0.25) is 0 Å². The zero-order chi connectivity index (χ0) is 8.55. The number of aryl methyl sites for hydroxylation is 1. The summed E-state index contributed by atoms with van der Waals surface area (Å²) >= 11 is 1.56. The summed E-state index contributed by atoms with van der Waals surface area (Å²) in [5, 5.41) is 9.35. The number of thiophene rings is 1. The van der Waals surface area contributed by atoms with E-state index in [1.165, 1.54) is 0 Å². The molecule has 0 fully saturated rings. The summed E-state index contributed by atoms with van der Waals surface area (Å²) in [6.07, 6.45) is 0. The molecule has 0 unspecified atom stereocenters. The van der Waals surface area contributed by atoms with E-state index in [4.69, 9.17) is 10.2 Å². The lowest BCUT2D eigenvalue weighted by atomic mass is 10.3. The van der Waals surface area contributed by atoms with Gasteiger partial charge in [-0.15, -0.1) is 16.4 Å². The number of nitrogens with two attached hydrogens (primary N) is 1. The Hall–Kier alpha value is -1.36. The molecule has 5 heteroatoms. The fourth-order valence-corrected chi connectivity index (χ4v) is 1.76. The zero-order valence-corrected chi connectivity index (χ0v) is 7.26. The molecule has 0 amide bonds. The van der Waals surface area contributed by atoms with Crippen LogP contribution in [0.3, 0.4) is 0 Å². The predicted molar refractivity (Wildman–Crippen MR) is 46.8 cm³/mol. The summed E-state index contributed by atoms with van der Waals surface area (Å²) in [6.45, 7) is 1.99. The van der Waals surface area contributed by atoms with Crippen molar-refractivity contribution in [1.29, 1.82) is 0 Å². The molecule has 2 aromatic heterocycles. The van der Waals surface area contributed by atoms with E-state index in [1.807, 2.05) is 18.4 Å². The highest BCUT2D eigenvalue weighted by Gasteiger charge is 2.09. The maximum atomic E-state index is 5.30. The Morgan fingerprint density at radius 3 is 2.83 bits per heavy atom. The summed E-state index contributed by atoms with van der Waals surface area (Å²) in [6, 6.07) is 2.11. The van der Waals surface area contributed by atoms with Crippen LogP contribution in [0.2, 0.25) is 0 Å². The van der Waals surface area contributed by atoms with Gasteiger partial charge in [0.25, 0.3) is 5.89 Å². The van der Waals surface area contributed by atoms with E-state index in [1.54, 1.807) is 11.3 Å². The summed E-state index contributed by atoms with van der Waals surface area (Å²) < 4.78 is 5.07. The molecular weight excluding hydrogens is 174 g/mol. The van der Waals surface area contributed by atoms with Crippen molar-refractivity contribution in [3.63, 3.8) is 0 Å². The van der Waals surface area contributed by atoms with Gasteiger partial charge in [0.15, 0.2) is 0 Å². The summed E-state index contributed by atoms with van der Waals surface area (Å²) in [5.74, 6) is 0.500. The first-order chi connectivity index (χ1) is 5.77. The van der Waals surface area contributed by atoms with Gasteiger partial charge in [-0.05, 0) is 23.9 Å². The van der Waals surface area contributed by atoms with Crippen molar-refractivity contribution in [2.45, 2.75) is 6.92 Å². The van der Waals surface area contributed by atoms with Crippen molar-refractivity contribution >= 4 is 17.4 Å². The van der Waals surface area contributed by atoms with E-state index < -0.39 is 0 Å². The second kappa shape index (κ2) is 2.60. The van der Waals surface area contributed by atoms with Gasteiger partial charge in [0.1, 0.15) is 0 Å². The molecular formula is C7H7N3OS. The van der Waals surface area contributed by atoms with Gasteiger partial charge in [0, 0.05) is 0 Å². The maximum absolute atomic E-state index is 5.30. The third kappa shape index (κ3) is 1.08. The van der Waals surface area contributed by atoms with Crippen LogP contribution in [0.5, 0.6) is 0 Å². The van der Waals surface area contributed by atoms with Crippen molar-refractivity contribution in [3.05, 3.63) is 17.0 Å². The van der Waals surface area contributed by atoms with E-state index >= 15 is 0 Å². The molecule has 0 bridgehead atoms. The molecule has 0 aromatic carbocycles. The van der Waals surface area contributed by atoms with Gasteiger partial charge in [-0.3, -0.25) is 0 Å². The lowest BCUT2D eigenvalue weighted by Gasteiger charge is -1.88. The van der Waals surface area contributed by atoms with E-state index in [0.717, 1.165) is 10.4 Å². The lowest BCUT2D eigenvalue weighted by molar-refractivity contribution is 0.591. The number of aromatic nitrogens is 2. The van der Waals surface area contributed by atoms with Crippen LogP contribution < -0.4 is 5.73 Å². The lowest BCUT2D eigenvalue weighted by Crippen LogP contribution is -1.81. The van der Waals surface area contributed by atoms with Crippen molar-refractivity contribution in [2.75, 3.05) is 5.73 Å². The first-order valence-electron chi connectivity index (χ1n) is 3.41. The Morgan fingerprint density at radius 2 is 2.33 bits per heavy atom. The Kier molecular flexibility index (Phi) is 1.58. The van der Waals surface area contributed by atoms with E-state index in [9.17, 15) is 0 Å². The first-order valence-corrected chi connectivity index (χ1v) is 4.29. The summed E-state index contributed by atoms with van der Waals surface area (Å²) in [5.41, 5.74) is 6.43. The van der Waals surface area contributed by atoms with Gasteiger partial charge < -0.3 is 10.2 Å². The third-order valence-corrected chi connectivity index (χ3v) is 2.50. The molecule has 2 rings (SSSR count). The van der Waals surface area contributed by atoms with Crippen molar-refractivity contribution < 1.29 is 4.42 Å². The van der Waals surface area contributed by atoms with E-state index in [-0.39, 0.29) is 6.01 Å². The minimum absolute atomic E-state index is 0.109. The molecule has 2 aromatic rings. The number of rotatable bonds is 1. The van der Waals surface area contributed by atoms with E-state index in [2.05, 4.69) is 10.2 Å². The van der Waals surface area contributed by atoms with Crippen LogP contribution in [0, 0.1) is 6.92 Å². The molecule has 2 heterocycles. The average Bonchev–Trinajstić information content (AvgIpc) is 2.58. The highest BCUT2D eigenvalue weighted by molar-refractivity contribution is 7.13. The summed E-state index contributed by atoms with van der Waals surface area (Å²) in [4.78, 5) is 0.985. The fraction of sp³-hybridized carbons (Fsp3) is 0.143. The third-order valence-electron chi connectivity index (χ3n) is 1.50. The quantitative estimate of drug-likeness (QED) is 0.727. The van der Waals surface area contributed by atoms with Crippen LogP contribution in [-0.4, -0.2) is 10.2 Å². The van der Waals surface area contributed by atoms with Gasteiger partial charge >= 0.3 is 6.01 Å². The Bertz CT molecular complexity index is 393. The van der Waals surface area contributed by atoms with Gasteiger partial charge in [0.05, 0.1) is 4.88 Å². The van der Waals surface area contributed by atoms with Crippen LogP contribution >= 0.6 is 11.3 Å². The van der Waals surface area contributed by atoms with Crippen molar-refractivity contribution in [2.24, 2.45) is 0 Å². The molecule has 0 aliphatic rings. The molecule has 12 heavy (non-hydrogen) atoms.